The third kappa shape index (κ3) is 2.17. The third-order valence-corrected chi connectivity index (χ3v) is 4.69. The number of hydrogen-bond acceptors (Lipinski definition) is 4. The Labute approximate surface area is 131 Å². The molecule has 1 amide bonds. The van der Waals surface area contributed by atoms with Crippen LogP contribution in [0.1, 0.15) is 20.9 Å². The highest BCUT2D eigenvalue weighted by molar-refractivity contribution is 7.15. The molecule has 0 bridgehead atoms. The number of thiazole rings is 1. The average molecular weight is 310 g/mol. The van der Waals surface area contributed by atoms with E-state index >= 15 is 0 Å². The molecule has 1 aliphatic rings. The maximum atomic E-state index is 12.6. The molecule has 0 atom stereocenters. The summed E-state index contributed by atoms with van der Waals surface area (Å²) in [7, 11) is 0. The van der Waals surface area contributed by atoms with E-state index in [0.717, 1.165) is 16.3 Å². The topological polar surface area (TPSA) is 64.2 Å². The monoisotopic (exact) mass is 310 g/mol. The maximum Gasteiger partial charge on any atom is 0.254 e. The Bertz CT molecular complexity index is 797. The van der Waals surface area contributed by atoms with Gasteiger partial charge in [0.15, 0.2) is 5.13 Å². The Balaban J connectivity index is 1.53. The zero-order chi connectivity index (χ0) is 15.1. The quantitative estimate of drug-likeness (QED) is 0.791. The number of benzene rings is 1. The van der Waals surface area contributed by atoms with E-state index in [1.54, 1.807) is 4.90 Å². The predicted octanol–water partition coefficient (Wildman–Crippen LogP) is 2.67. The summed E-state index contributed by atoms with van der Waals surface area (Å²) in [5.41, 5.74) is 8.35. The molecule has 1 aliphatic heterocycles. The normalized spacial score (nSPS) is 13.4. The molecule has 3 heterocycles. The second-order valence-corrected chi connectivity index (χ2v) is 6.34. The highest BCUT2D eigenvalue weighted by atomic mass is 32.1. The van der Waals surface area contributed by atoms with Gasteiger partial charge in [-0.1, -0.05) is 0 Å². The van der Waals surface area contributed by atoms with Gasteiger partial charge in [0.2, 0.25) is 0 Å². The minimum Gasteiger partial charge on any atom is -0.375 e. The number of aromatic nitrogens is 2. The van der Waals surface area contributed by atoms with Crippen molar-refractivity contribution in [2.45, 2.75) is 13.1 Å². The van der Waals surface area contributed by atoms with Gasteiger partial charge in [-0.25, -0.2) is 4.98 Å². The van der Waals surface area contributed by atoms with Crippen LogP contribution < -0.4 is 5.73 Å². The second kappa shape index (κ2) is 4.99. The van der Waals surface area contributed by atoms with Crippen LogP contribution in [0, 0.1) is 0 Å². The number of hydrogen-bond donors (Lipinski definition) is 1. The van der Waals surface area contributed by atoms with Gasteiger partial charge in [-0.05, 0) is 36.4 Å². The summed E-state index contributed by atoms with van der Waals surface area (Å²) in [6.07, 6.45) is 3.96. The van der Waals surface area contributed by atoms with E-state index in [9.17, 15) is 4.79 Å². The molecule has 0 spiro atoms. The Kier molecular flexibility index (Phi) is 2.97. The second-order valence-electron chi connectivity index (χ2n) is 5.22. The molecule has 0 aliphatic carbocycles. The first-order valence-corrected chi connectivity index (χ1v) is 7.79. The molecule has 2 N–H and O–H groups in total. The number of anilines is 1. The van der Waals surface area contributed by atoms with Gasteiger partial charge in [-0.15, -0.1) is 11.3 Å². The molecule has 1 aromatic carbocycles. The van der Waals surface area contributed by atoms with E-state index in [1.165, 1.54) is 11.3 Å². The third-order valence-electron chi connectivity index (χ3n) is 3.77. The van der Waals surface area contributed by atoms with E-state index in [2.05, 4.69) is 4.98 Å². The van der Waals surface area contributed by atoms with Crippen LogP contribution in [-0.2, 0) is 13.1 Å². The summed E-state index contributed by atoms with van der Waals surface area (Å²) in [5, 5.41) is 0.577. The summed E-state index contributed by atoms with van der Waals surface area (Å²) in [4.78, 5) is 19.7. The van der Waals surface area contributed by atoms with E-state index in [4.69, 9.17) is 5.73 Å². The molecule has 0 saturated carbocycles. The zero-order valence-corrected chi connectivity index (χ0v) is 12.6. The van der Waals surface area contributed by atoms with Crippen molar-refractivity contribution in [3.63, 3.8) is 0 Å². The van der Waals surface area contributed by atoms with Crippen molar-refractivity contribution in [2.75, 3.05) is 5.73 Å². The Morgan fingerprint density at radius 3 is 2.55 bits per heavy atom. The highest BCUT2D eigenvalue weighted by Crippen LogP contribution is 2.30. The molecule has 0 saturated heterocycles. The van der Waals surface area contributed by atoms with Crippen molar-refractivity contribution < 1.29 is 4.79 Å². The van der Waals surface area contributed by atoms with Crippen molar-refractivity contribution in [1.82, 2.24) is 14.5 Å². The fourth-order valence-electron chi connectivity index (χ4n) is 2.67. The van der Waals surface area contributed by atoms with Gasteiger partial charge < -0.3 is 15.2 Å². The Morgan fingerprint density at radius 2 is 1.86 bits per heavy atom. The standard InChI is InChI=1S/C16H14N4OS/c17-16-18-13-9-20(10-14(13)22-16)15(21)11-3-5-12(6-4-11)19-7-1-2-8-19/h1-8H,9-10H2,(H2,17,18). The van der Waals surface area contributed by atoms with E-state index in [-0.39, 0.29) is 5.91 Å². The van der Waals surface area contributed by atoms with Gasteiger partial charge in [0, 0.05) is 23.6 Å². The maximum absolute atomic E-state index is 12.6. The number of fused-ring (bicyclic) bond motifs is 1. The lowest BCUT2D eigenvalue weighted by atomic mass is 10.2. The van der Waals surface area contributed by atoms with Gasteiger partial charge >= 0.3 is 0 Å². The van der Waals surface area contributed by atoms with Crippen LogP contribution in [-0.4, -0.2) is 20.4 Å². The SMILES string of the molecule is Nc1nc2c(s1)CN(C(=O)c1ccc(-n3cccc3)cc1)C2. The van der Waals surface area contributed by atoms with Gasteiger partial charge in [0.25, 0.3) is 5.91 Å². The van der Waals surface area contributed by atoms with E-state index in [0.29, 0.717) is 23.8 Å². The van der Waals surface area contributed by atoms with E-state index in [1.807, 2.05) is 53.4 Å². The van der Waals surface area contributed by atoms with Crippen molar-refractivity contribution >= 4 is 22.4 Å². The molecule has 6 heteroatoms. The van der Waals surface area contributed by atoms with Crippen LogP contribution in [0.15, 0.2) is 48.8 Å². The predicted molar refractivity (Wildman–Crippen MR) is 85.9 cm³/mol. The van der Waals surface area contributed by atoms with Gasteiger partial charge in [-0.3, -0.25) is 4.79 Å². The lowest BCUT2D eigenvalue weighted by Gasteiger charge is -2.15. The molecule has 0 radical (unpaired) electrons. The number of rotatable bonds is 2. The van der Waals surface area contributed by atoms with Crippen LogP contribution >= 0.6 is 11.3 Å². The van der Waals surface area contributed by atoms with Gasteiger partial charge in [0.05, 0.1) is 23.7 Å². The van der Waals surface area contributed by atoms with Crippen molar-refractivity contribution in [1.29, 1.82) is 0 Å². The molecule has 2 aromatic heterocycles. The molecule has 110 valence electrons. The fraction of sp³-hybridized carbons (Fsp3) is 0.125. The molecule has 5 nitrogen and oxygen atoms in total. The van der Waals surface area contributed by atoms with Crippen molar-refractivity contribution in [3.8, 4) is 5.69 Å². The van der Waals surface area contributed by atoms with Crippen LogP contribution in [0.2, 0.25) is 0 Å². The molecule has 0 unspecified atom stereocenters. The van der Waals surface area contributed by atoms with Gasteiger partial charge in [-0.2, -0.15) is 0 Å². The minimum absolute atomic E-state index is 0.0304. The number of nitrogen functional groups attached to an aromatic ring is 1. The molecular weight excluding hydrogens is 296 g/mol. The number of nitrogens with zero attached hydrogens (tertiary/aromatic N) is 3. The summed E-state index contributed by atoms with van der Waals surface area (Å²) < 4.78 is 2.01. The lowest BCUT2D eigenvalue weighted by molar-refractivity contribution is 0.0751. The lowest BCUT2D eigenvalue weighted by Crippen LogP contribution is -2.25. The molecule has 4 rings (SSSR count). The summed E-state index contributed by atoms with van der Waals surface area (Å²) in [5.74, 6) is 0.0304. The van der Waals surface area contributed by atoms with Crippen LogP contribution in [0.25, 0.3) is 5.69 Å². The first-order valence-electron chi connectivity index (χ1n) is 6.97. The van der Waals surface area contributed by atoms with Crippen LogP contribution in [0.4, 0.5) is 5.13 Å². The minimum atomic E-state index is 0.0304. The number of carbonyl (C=O) groups excluding carboxylic acids is 1. The van der Waals surface area contributed by atoms with Crippen molar-refractivity contribution in [2.24, 2.45) is 0 Å². The van der Waals surface area contributed by atoms with E-state index < -0.39 is 0 Å². The molecule has 22 heavy (non-hydrogen) atoms. The van der Waals surface area contributed by atoms with Crippen molar-refractivity contribution in [3.05, 3.63) is 64.9 Å². The first-order chi connectivity index (χ1) is 10.7. The first kappa shape index (κ1) is 13.1. The molecule has 3 aromatic rings. The summed E-state index contributed by atoms with van der Waals surface area (Å²) in [6, 6.07) is 11.6. The summed E-state index contributed by atoms with van der Waals surface area (Å²) >= 11 is 1.46. The number of amides is 1. The van der Waals surface area contributed by atoms with Crippen LogP contribution in [0.3, 0.4) is 0 Å². The largest absolute Gasteiger partial charge is 0.375 e. The zero-order valence-electron chi connectivity index (χ0n) is 11.8. The molecule has 0 fully saturated rings. The fourth-order valence-corrected chi connectivity index (χ4v) is 3.53. The number of nitrogens with two attached hydrogens (primary N) is 1. The molecular formula is C16H14N4OS. The highest BCUT2D eigenvalue weighted by Gasteiger charge is 2.27. The Hall–Kier alpha value is -2.60. The van der Waals surface area contributed by atoms with Crippen LogP contribution in [0.5, 0.6) is 0 Å². The Morgan fingerprint density at radius 1 is 1.14 bits per heavy atom. The smallest absolute Gasteiger partial charge is 0.254 e. The number of carbonyl (C=O) groups is 1. The summed E-state index contributed by atoms with van der Waals surface area (Å²) in [6.45, 7) is 1.14. The average Bonchev–Trinajstić information content (AvgIpc) is 3.22. The van der Waals surface area contributed by atoms with Gasteiger partial charge in [0.1, 0.15) is 0 Å².